The Morgan fingerprint density at radius 1 is 0.202 bits per heavy atom. The van der Waals surface area contributed by atoms with E-state index in [9.17, 15) is 0 Å². The fourth-order valence-corrected chi connectivity index (χ4v) is 20.5. The SMILES string of the molecule is CCCC1CCC(c2ccc(OC)cc2)CC1.CCCC1CCC(c2ccc(OCC)cc2)CC1.CCCCCC1CCC(c2ccc(CCC)cc2)CC1.CCCCCC1CCC(c2ccc(CCC)cc2)CC1.CCCCCC1CCC(c2ccc(OC)cc2)CC1.CCCCCC1CCC(c2ccc(OCC)cc2)CC1. The lowest BCUT2D eigenvalue weighted by molar-refractivity contribution is 0.302. The van der Waals surface area contributed by atoms with Gasteiger partial charge in [0.15, 0.2) is 0 Å². The summed E-state index contributed by atoms with van der Waals surface area (Å²) in [7, 11) is 3.46. The number of unbranched alkanes of at least 4 members (excludes halogenated alkanes) is 8. The monoisotopic (exact) mass is 1560 g/mol. The first-order valence-electron chi connectivity index (χ1n) is 48.9. The van der Waals surface area contributed by atoms with Gasteiger partial charge in [0.25, 0.3) is 0 Å². The third kappa shape index (κ3) is 36.4. The first-order chi connectivity index (χ1) is 56.0. The van der Waals surface area contributed by atoms with Crippen LogP contribution in [0.1, 0.15) is 445 Å². The zero-order valence-electron chi connectivity index (χ0n) is 75.8. The van der Waals surface area contributed by atoms with E-state index in [4.69, 9.17) is 18.9 Å². The Kier molecular flexibility index (Phi) is 49.0. The minimum Gasteiger partial charge on any atom is -0.497 e. The minimum absolute atomic E-state index is 0.751. The zero-order valence-corrected chi connectivity index (χ0v) is 75.8. The molecule has 0 aromatic heterocycles. The first kappa shape index (κ1) is 95.7. The lowest BCUT2D eigenvalue weighted by Crippen LogP contribution is -2.13. The van der Waals surface area contributed by atoms with Crippen molar-refractivity contribution in [3.05, 3.63) is 190 Å². The number of rotatable bonds is 36. The number of hydrogen-bond acceptors (Lipinski definition) is 4. The summed E-state index contributed by atoms with van der Waals surface area (Å²) in [6, 6.07) is 53.9. The van der Waals surface area contributed by atoms with Crippen LogP contribution >= 0.6 is 0 Å². The minimum atomic E-state index is 0.751. The molecular weight excluding hydrogens is 1390 g/mol. The van der Waals surface area contributed by atoms with Gasteiger partial charge in [-0.05, 0) is 345 Å². The van der Waals surface area contributed by atoms with Crippen LogP contribution in [0.4, 0.5) is 0 Å². The molecule has 114 heavy (non-hydrogen) atoms. The summed E-state index contributed by atoms with van der Waals surface area (Å²) < 4.78 is 21.5. The molecule has 4 heteroatoms. The highest BCUT2D eigenvalue weighted by Crippen LogP contribution is 2.44. The van der Waals surface area contributed by atoms with Crippen LogP contribution in [-0.2, 0) is 12.8 Å². The molecule has 0 saturated heterocycles. The molecule has 0 spiro atoms. The predicted octanol–water partition coefficient (Wildman–Crippen LogP) is 34.4. The number of hydrogen-bond donors (Lipinski definition) is 0. The fraction of sp³-hybridized carbons (Fsp3) is 0.673. The van der Waals surface area contributed by atoms with E-state index in [0.717, 1.165) is 107 Å². The van der Waals surface area contributed by atoms with Gasteiger partial charge < -0.3 is 18.9 Å². The maximum atomic E-state index is 5.52. The zero-order chi connectivity index (χ0) is 81.0. The molecule has 6 fully saturated rings. The van der Waals surface area contributed by atoms with E-state index < -0.39 is 0 Å². The van der Waals surface area contributed by atoms with E-state index in [1.807, 2.05) is 13.8 Å². The molecule has 0 aliphatic heterocycles. The van der Waals surface area contributed by atoms with Crippen molar-refractivity contribution in [2.24, 2.45) is 35.5 Å². The molecule has 4 nitrogen and oxygen atoms in total. The van der Waals surface area contributed by atoms with Gasteiger partial charge in [0.1, 0.15) is 23.0 Å². The van der Waals surface area contributed by atoms with Gasteiger partial charge in [-0.1, -0.05) is 294 Å². The normalized spacial score (nSPS) is 23.3. The summed E-state index contributed by atoms with van der Waals surface area (Å²) >= 11 is 0. The summed E-state index contributed by atoms with van der Waals surface area (Å²) in [5.41, 5.74) is 12.2. The van der Waals surface area contributed by atoms with Crippen molar-refractivity contribution in [2.45, 2.75) is 413 Å². The van der Waals surface area contributed by atoms with Crippen LogP contribution in [0.15, 0.2) is 146 Å². The lowest BCUT2D eigenvalue weighted by Gasteiger charge is -2.29. The Balaban J connectivity index is 0.000000190. The summed E-state index contributed by atoms with van der Waals surface area (Å²) in [6.45, 7) is 23.9. The van der Waals surface area contributed by atoms with Crippen molar-refractivity contribution in [2.75, 3.05) is 27.4 Å². The van der Waals surface area contributed by atoms with Gasteiger partial charge in [-0.3, -0.25) is 0 Å². The molecule has 6 saturated carbocycles. The molecule has 6 aliphatic rings. The summed E-state index contributed by atoms with van der Waals surface area (Å²) in [5.74, 6) is 14.8. The molecule has 0 unspecified atom stereocenters. The molecule has 6 aliphatic carbocycles. The Morgan fingerprint density at radius 3 is 0.570 bits per heavy atom. The fourth-order valence-electron chi connectivity index (χ4n) is 20.5. The van der Waals surface area contributed by atoms with Crippen molar-refractivity contribution in [1.29, 1.82) is 0 Å². The molecule has 6 aromatic rings. The maximum Gasteiger partial charge on any atom is 0.119 e. The van der Waals surface area contributed by atoms with E-state index in [0.29, 0.717) is 0 Å². The summed E-state index contributed by atoms with van der Waals surface area (Å²) in [4.78, 5) is 0. The van der Waals surface area contributed by atoms with Crippen LogP contribution < -0.4 is 18.9 Å². The second-order valence-electron chi connectivity index (χ2n) is 36.4. The van der Waals surface area contributed by atoms with Crippen LogP contribution in [0.2, 0.25) is 0 Å². The molecule has 636 valence electrons. The third-order valence-electron chi connectivity index (χ3n) is 27.8. The maximum absolute atomic E-state index is 5.52. The smallest absolute Gasteiger partial charge is 0.119 e. The largest absolute Gasteiger partial charge is 0.497 e. The summed E-state index contributed by atoms with van der Waals surface area (Å²) in [6.07, 6.45) is 67.2. The Labute approximate surface area is 703 Å². The van der Waals surface area contributed by atoms with E-state index >= 15 is 0 Å². The van der Waals surface area contributed by atoms with Gasteiger partial charge in [-0.15, -0.1) is 0 Å². The number of benzene rings is 6. The highest BCUT2D eigenvalue weighted by Gasteiger charge is 2.28. The van der Waals surface area contributed by atoms with Crippen LogP contribution in [0.25, 0.3) is 0 Å². The number of aryl methyl sites for hydroxylation is 2. The van der Waals surface area contributed by atoms with Crippen molar-refractivity contribution >= 4 is 0 Å². The van der Waals surface area contributed by atoms with Crippen molar-refractivity contribution in [1.82, 2.24) is 0 Å². The quantitative estimate of drug-likeness (QED) is 0.0367. The topological polar surface area (TPSA) is 36.9 Å². The molecule has 0 radical (unpaired) electrons. The predicted molar refractivity (Wildman–Crippen MR) is 497 cm³/mol. The van der Waals surface area contributed by atoms with Gasteiger partial charge in [-0.2, -0.15) is 0 Å². The molecule has 12 rings (SSSR count). The molecule has 0 N–H and O–H groups in total. The molecule has 6 aromatic carbocycles. The van der Waals surface area contributed by atoms with E-state index in [1.54, 1.807) is 25.3 Å². The molecular formula is C110H172O4. The van der Waals surface area contributed by atoms with Gasteiger partial charge >= 0.3 is 0 Å². The average molecular weight is 1560 g/mol. The van der Waals surface area contributed by atoms with Crippen molar-refractivity contribution < 1.29 is 18.9 Å². The van der Waals surface area contributed by atoms with Gasteiger partial charge in [0.05, 0.1) is 27.4 Å². The summed E-state index contributed by atoms with van der Waals surface area (Å²) in [5, 5.41) is 0. The van der Waals surface area contributed by atoms with E-state index in [2.05, 4.69) is 201 Å². The third-order valence-corrected chi connectivity index (χ3v) is 27.8. The van der Waals surface area contributed by atoms with Gasteiger partial charge in [0, 0.05) is 0 Å². The second-order valence-corrected chi connectivity index (χ2v) is 36.4. The van der Waals surface area contributed by atoms with Crippen LogP contribution in [0.3, 0.4) is 0 Å². The standard InChI is InChI=1S/2C20H32.C19H30O.C18H28O.C17H26O.C16H24O/c2*1-3-5-6-8-18-11-15-20(16-12-18)19-13-9-17(7-4-2)10-14-19;1-3-5-6-7-16-8-10-17(11-9-16)18-12-14-19(15-13-18)20-4-2;1-3-4-5-6-15-7-9-16(10-8-15)17-11-13-18(19-2)14-12-17;1-3-5-14-6-8-15(9-7-14)16-10-12-17(13-11-16)18-4-2;1-3-4-13-5-7-14(8-6-13)15-9-11-16(17-2)12-10-15/h2*9-10,13-14,18,20H,3-8,11-12,15-16H2,1-2H3;12-17H,3-11H2,1-2H3;11-16H,3-10H2,1-2H3;10-15H,3-9H2,1-2H3;9-14H,3-8H2,1-2H3. The highest BCUT2D eigenvalue weighted by molar-refractivity contribution is 5.34. The van der Waals surface area contributed by atoms with Crippen molar-refractivity contribution in [3.8, 4) is 23.0 Å². The van der Waals surface area contributed by atoms with Crippen molar-refractivity contribution in [3.63, 3.8) is 0 Å². The second kappa shape index (κ2) is 58.4. The van der Waals surface area contributed by atoms with Crippen LogP contribution in [0.5, 0.6) is 23.0 Å². The highest BCUT2D eigenvalue weighted by atomic mass is 16.5. The van der Waals surface area contributed by atoms with E-state index in [-0.39, 0.29) is 0 Å². The van der Waals surface area contributed by atoms with Crippen LogP contribution in [-0.4, -0.2) is 27.4 Å². The first-order valence-corrected chi connectivity index (χ1v) is 48.9. The van der Waals surface area contributed by atoms with E-state index in [1.165, 1.54) is 342 Å². The molecule has 0 bridgehead atoms. The Morgan fingerprint density at radius 2 is 0.395 bits per heavy atom. The molecule has 0 amide bonds. The van der Waals surface area contributed by atoms with Gasteiger partial charge in [-0.25, -0.2) is 0 Å². The average Bonchev–Trinajstić information content (AvgIpc) is 0.888. The van der Waals surface area contributed by atoms with Gasteiger partial charge in [0.2, 0.25) is 0 Å². The number of ether oxygens (including phenoxy) is 4. The Bertz CT molecular complexity index is 3030. The Hall–Kier alpha value is -5.48. The molecule has 0 atom stereocenters. The van der Waals surface area contributed by atoms with Crippen LogP contribution in [0, 0.1) is 35.5 Å². The lowest BCUT2D eigenvalue weighted by atomic mass is 9.77. The number of methoxy groups -OCH3 is 2. The molecule has 0 heterocycles.